The molecule has 0 aromatic heterocycles. The third kappa shape index (κ3) is 6.90. The molecule has 1 nitrogen and oxygen atoms in total. The van der Waals surface area contributed by atoms with Gasteiger partial charge in [-0.1, -0.05) is 25.6 Å². The van der Waals surface area contributed by atoms with Gasteiger partial charge in [-0.05, 0) is 18.8 Å². The van der Waals surface area contributed by atoms with Crippen LogP contribution in [-0.2, 0) is 4.79 Å². The second-order valence-electron chi connectivity index (χ2n) is 3.20. The van der Waals surface area contributed by atoms with Crippen LogP contribution in [0, 0.1) is 23.3 Å². The predicted octanol–water partition coefficient (Wildman–Crippen LogP) is 1.46. The van der Waals surface area contributed by atoms with Crippen molar-refractivity contribution in [3.8, 4) is 23.3 Å². The molecule has 0 aliphatic rings. The van der Waals surface area contributed by atoms with Crippen LogP contribution in [0.2, 0.25) is 19.6 Å². The van der Waals surface area contributed by atoms with Crippen LogP contribution in [0.25, 0.3) is 0 Å². The predicted molar refractivity (Wildman–Crippen MR) is 49.6 cm³/mol. The molecule has 0 spiro atoms. The second kappa shape index (κ2) is 4.01. The number of carbonyl (C=O) groups excluding carboxylic acids is 1. The standard InChI is InChI=1S/C9H12OSi/c1-5-6-9(10)7-8-11(2,3)4/h1-4H3. The van der Waals surface area contributed by atoms with Crippen LogP contribution in [-0.4, -0.2) is 13.9 Å². The number of rotatable bonds is 0. The number of hydrogen-bond donors (Lipinski definition) is 0. The third-order valence-electron chi connectivity index (χ3n) is 0.790. The zero-order chi connectivity index (χ0) is 8.91. The van der Waals surface area contributed by atoms with E-state index in [1.54, 1.807) is 6.92 Å². The van der Waals surface area contributed by atoms with E-state index in [1.165, 1.54) is 0 Å². The van der Waals surface area contributed by atoms with Crippen LogP contribution < -0.4 is 0 Å². The molecule has 0 fully saturated rings. The van der Waals surface area contributed by atoms with Crippen LogP contribution in [0.3, 0.4) is 0 Å². The van der Waals surface area contributed by atoms with Gasteiger partial charge in [0, 0.05) is 0 Å². The minimum absolute atomic E-state index is 0.269. The molecule has 58 valence electrons. The molecule has 2 heteroatoms. The Bertz CT molecular complexity index is 262. The Morgan fingerprint density at radius 1 is 1.18 bits per heavy atom. The van der Waals surface area contributed by atoms with Crippen LogP contribution in [0.5, 0.6) is 0 Å². The Labute approximate surface area is 69.2 Å². The molecule has 0 saturated carbocycles. The first-order valence-electron chi connectivity index (χ1n) is 3.45. The number of hydrogen-bond acceptors (Lipinski definition) is 1. The van der Waals surface area contributed by atoms with Gasteiger partial charge >= 0.3 is 0 Å². The highest BCUT2D eigenvalue weighted by atomic mass is 28.3. The fourth-order valence-corrected chi connectivity index (χ4v) is 0.878. The Balaban J connectivity index is 4.28. The maximum absolute atomic E-state index is 10.8. The van der Waals surface area contributed by atoms with E-state index < -0.39 is 8.07 Å². The lowest BCUT2D eigenvalue weighted by Crippen LogP contribution is -2.16. The molecule has 0 heterocycles. The molecule has 0 radical (unpaired) electrons. The average Bonchev–Trinajstić information content (AvgIpc) is 1.83. The molecule has 0 rings (SSSR count). The lowest BCUT2D eigenvalue weighted by Gasteiger charge is -2.01. The maximum Gasteiger partial charge on any atom is 0.278 e. The molecular formula is C9H12OSi. The molecule has 0 N–H and O–H groups in total. The second-order valence-corrected chi connectivity index (χ2v) is 7.95. The van der Waals surface area contributed by atoms with Crippen LogP contribution in [0.4, 0.5) is 0 Å². The molecule has 0 unspecified atom stereocenters. The lowest BCUT2D eigenvalue weighted by atomic mass is 10.4. The highest BCUT2D eigenvalue weighted by Crippen LogP contribution is 1.95. The topological polar surface area (TPSA) is 17.1 Å². The van der Waals surface area contributed by atoms with Gasteiger partial charge in [-0.3, -0.25) is 4.79 Å². The highest BCUT2D eigenvalue weighted by molar-refractivity contribution is 6.84. The molecule has 0 atom stereocenters. The van der Waals surface area contributed by atoms with E-state index in [0.717, 1.165) is 0 Å². The van der Waals surface area contributed by atoms with Gasteiger partial charge in [0.1, 0.15) is 8.07 Å². The monoisotopic (exact) mass is 164 g/mol. The van der Waals surface area contributed by atoms with E-state index in [4.69, 9.17) is 0 Å². The summed E-state index contributed by atoms with van der Waals surface area (Å²) in [6, 6.07) is 0. The van der Waals surface area contributed by atoms with E-state index in [-0.39, 0.29) is 5.78 Å². The summed E-state index contributed by atoms with van der Waals surface area (Å²) >= 11 is 0. The minimum atomic E-state index is -1.40. The van der Waals surface area contributed by atoms with Crippen molar-refractivity contribution in [3.05, 3.63) is 0 Å². The Morgan fingerprint density at radius 3 is 2.09 bits per heavy atom. The first-order valence-corrected chi connectivity index (χ1v) is 6.95. The molecular weight excluding hydrogens is 152 g/mol. The van der Waals surface area contributed by atoms with Gasteiger partial charge in [0.05, 0.1) is 0 Å². The van der Waals surface area contributed by atoms with E-state index in [0.29, 0.717) is 0 Å². The summed E-state index contributed by atoms with van der Waals surface area (Å²) in [7, 11) is -1.40. The van der Waals surface area contributed by atoms with Crippen molar-refractivity contribution in [2.75, 3.05) is 0 Å². The van der Waals surface area contributed by atoms with Crippen molar-refractivity contribution < 1.29 is 4.79 Å². The van der Waals surface area contributed by atoms with Gasteiger partial charge < -0.3 is 0 Å². The Kier molecular flexibility index (Phi) is 3.64. The van der Waals surface area contributed by atoms with E-state index in [1.807, 2.05) is 0 Å². The Hall–Kier alpha value is -0.993. The first kappa shape index (κ1) is 10.0. The molecule has 0 bridgehead atoms. The minimum Gasteiger partial charge on any atom is -0.270 e. The van der Waals surface area contributed by atoms with Crippen molar-refractivity contribution >= 4 is 13.9 Å². The highest BCUT2D eigenvalue weighted by Gasteiger charge is 2.07. The molecule has 11 heavy (non-hydrogen) atoms. The average molecular weight is 164 g/mol. The zero-order valence-corrected chi connectivity index (χ0v) is 8.41. The molecule has 0 aromatic rings. The maximum atomic E-state index is 10.8. The molecule has 0 saturated heterocycles. The number of Topliss-reactive ketones (excluding diaryl/α,β-unsaturated/α-hetero) is 1. The van der Waals surface area contributed by atoms with E-state index in [2.05, 4.69) is 42.9 Å². The van der Waals surface area contributed by atoms with E-state index in [9.17, 15) is 4.79 Å². The van der Waals surface area contributed by atoms with Crippen LogP contribution in [0.1, 0.15) is 6.92 Å². The van der Waals surface area contributed by atoms with Gasteiger partial charge in [0.25, 0.3) is 5.78 Å². The lowest BCUT2D eigenvalue weighted by molar-refractivity contribution is -0.108. The molecule has 0 aromatic carbocycles. The fourth-order valence-electron chi connectivity index (χ4n) is 0.389. The third-order valence-corrected chi connectivity index (χ3v) is 1.66. The summed E-state index contributed by atoms with van der Waals surface area (Å²) in [5.41, 5.74) is 2.94. The normalized spacial score (nSPS) is 8.73. The summed E-state index contributed by atoms with van der Waals surface area (Å²) < 4.78 is 0. The smallest absolute Gasteiger partial charge is 0.270 e. The zero-order valence-electron chi connectivity index (χ0n) is 7.41. The van der Waals surface area contributed by atoms with Crippen molar-refractivity contribution in [2.45, 2.75) is 26.6 Å². The van der Waals surface area contributed by atoms with Gasteiger partial charge in [0.15, 0.2) is 0 Å². The van der Waals surface area contributed by atoms with Gasteiger partial charge in [-0.25, -0.2) is 0 Å². The largest absolute Gasteiger partial charge is 0.278 e. The van der Waals surface area contributed by atoms with Gasteiger partial charge in [-0.15, -0.1) is 5.54 Å². The van der Waals surface area contributed by atoms with Crippen LogP contribution >= 0.6 is 0 Å². The van der Waals surface area contributed by atoms with Gasteiger partial charge in [0.2, 0.25) is 0 Å². The van der Waals surface area contributed by atoms with Crippen molar-refractivity contribution in [1.29, 1.82) is 0 Å². The quantitative estimate of drug-likeness (QED) is 0.301. The molecule has 0 aliphatic carbocycles. The van der Waals surface area contributed by atoms with Crippen molar-refractivity contribution in [2.24, 2.45) is 0 Å². The first-order chi connectivity index (χ1) is 4.95. The Morgan fingerprint density at radius 2 is 1.73 bits per heavy atom. The van der Waals surface area contributed by atoms with Gasteiger partial charge in [-0.2, -0.15) is 0 Å². The number of carbonyl (C=O) groups is 1. The van der Waals surface area contributed by atoms with Crippen molar-refractivity contribution in [3.63, 3.8) is 0 Å². The summed E-state index contributed by atoms with van der Waals surface area (Å²) in [6.45, 7) is 7.90. The molecule has 0 aliphatic heterocycles. The van der Waals surface area contributed by atoms with Crippen LogP contribution in [0.15, 0.2) is 0 Å². The summed E-state index contributed by atoms with van der Waals surface area (Å²) in [5, 5.41) is 0. The fraction of sp³-hybridized carbons (Fsp3) is 0.444. The molecule has 0 amide bonds. The summed E-state index contributed by atoms with van der Waals surface area (Å²) in [6.07, 6.45) is 0. The summed E-state index contributed by atoms with van der Waals surface area (Å²) in [4.78, 5) is 10.8. The number of ketones is 1. The van der Waals surface area contributed by atoms with E-state index >= 15 is 0 Å². The summed E-state index contributed by atoms with van der Waals surface area (Å²) in [5.74, 6) is 7.15. The SMILES string of the molecule is CC#CC(=O)C#C[Si](C)(C)C. The van der Waals surface area contributed by atoms with Crippen molar-refractivity contribution in [1.82, 2.24) is 0 Å².